The Morgan fingerprint density at radius 3 is 2.33 bits per heavy atom. The average Bonchev–Trinajstić information content (AvgIpc) is 2.77. The van der Waals surface area contributed by atoms with Crippen molar-refractivity contribution in [1.29, 1.82) is 0 Å². The molecule has 0 spiro atoms. The minimum Gasteiger partial charge on any atom is -0.350 e. The maximum atomic E-state index is 2.27. The molecule has 1 aromatic heterocycles. The highest BCUT2D eigenvalue weighted by molar-refractivity contribution is 5.84. The predicted molar refractivity (Wildman–Crippen MR) is 76.9 cm³/mol. The summed E-state index contributed by atoms with van der Waals surface area (Å²) < 4.78 is 2.21. The number of aryl methyl sites for hydroxylation is 1. The fourth-order valence-corrected chi connectivity index (χ4v) is 2.64. The van der Waals surface area contributed by atoms with Crippen LogP contribution in [0.3, 0.4) is 0 Å². The van der Waals surface area contributed by atoms with E-state index in [1.54, 1.807) is 0 Å². The molecule has 0 aliphatic rings. The van der Waals surface area contributed by atoms with E-state index >= 15 is 0 Å². The average molecular weight is 235 g/mol. The van der Waals surface area contributed by atoms with Crippen LogP contribution in [0.5, 0.6) is 0 Å². The molecule has 0 fully saturated rings. The van der Waals surface area contributed by atoms with Crippen LogP contribution in [0.25, 0.3) is 10.9 Å². The number of benzene rings is 2. The molecule has 1 heteroatoms. The lowest BCUT2D eigenvalue weighted by Gasteiger charge is -2.10. The lowest BCUT2D eigenvalue weighted by atomic mass is 9.93. The molecule has 0 aliphatic carbocycles. The van der Waals surface area contributed by atoms with Gasteiger partial charge in [-0.25, -0.2) is 0 Å². The molecule has 0 bridgehead atoms. The third kappa shape index (κ3) is 1.72. The van der Waals surface area contributed by atoms with Crippen molar-refractivity contribution in [3.63, 3.8) is 0 Å². The minimum atomic E-state index is 0.428. The minimum absolute atomic E-state index is 0.428. The summed E-state index contributed by atoms with van der Waals surface area (Å²) in [5, 5.41) is 1.36. The topological polar surface area (TPSA) is 4.93 Å². The molecule has 0 saturated heterocycles. The smallest absolute Gasteiger partial charge is 0.0480 e. The van der Waals surface area contributed by atoms with Crippen molar-refractivity contribution in [2.75, 3.05) is 0 Å². The largest absolute Gasteiger partial charge is 0.350 e. The molecular formula is C17H17N. The summed E-state index contributed by atoms with van der Waals surface area (Å²) in [5.41, 5.74) is 4.07. The Bertz CT molecular complexity index is 664. The van der Waals surface area contributed by atoms with Gasteiger partial charge in [-0.1, -0.05) is 55.5 Å². The molecule has 1 atom stereocenters. The van der Waals surface area contributed by atoms with Gasteiger partial charge in [0.2, 0.25) is 0 Å². The highest BCUT2D eigenvalue weighted by Gasteiger charge is 2.13. The molecule has 2 aromatic carbocycles. The van der Waals surface area contributed by atoms with Gasteiger partial charge in [-0.05, 0) is 17.2 Å². The van der Waals surface area contributed by atoms with Crippen molar-refractivity contribution in [1.82, 2.24) is 4.57 Å². The Hall–Kier alpha value is -2.02. The zero-order valence-corrected chi connectivity index (χ0v) is 10.8. The van der Waals surface area contributed by atoms with Gasteiger partial charge < -0.3 is 4.57 Å². The molecule has 0 aliphatic heterocycles. The van der Waals surface area contributed by atoms with Gasteiger partial charge in [0.25, 0.3) is 0 Å². The highest BCUT2D eigenvalue weighted by Crippen LogP contribution is 2.31. The molecule has 0 radical (unpaired) electrons. The van der Waals surface area contributed by atoms with Crippen molar-refractivity contribution in [3.05, 3.63) is 71.9 Å². The molecular weight excluding hydrogens is 218 g/mol. The number of fused-ring (bicyclic) bond motifs is 1. The first-order valence-corrected chi connectivity index (χ1v) is 6.36. The highest BCUT2D eigenvalue weighted by atomic mass is 14.9. The summed E-state index contributed by atoms with van der Waals surface area (Å²) in [6.07, 6.45) is 2.25. The first kappa shape index (κ1) is 11.1. The van der Waals surface area contributed by atoms with Gasteiger partial charge in [0.05, 0.1) is 0 Å². The standard InChI is InChI=1S/C17H17N/c1-13(14-8-4-3-5-9-14)16-12-18(2)17-11-7-6-10-15(16)17/h3-13H,1-2H3/t13-/m1/s1. The van der Waals surface area contributed by atoms with Crippen LogP contribution >= 0.6 is 0 Å². The van der Waals surface area contributed by atoms with E-state index in [-0.39, 0.29) is 0 Å². The van der Waals surface area contributed by atoms with Gasteiger partial charge in [0.1, 0.15) is 0 Å². The summed E-state index contributed by atoms with van der Waals surface area (Å²) in [6, 6.07) is 19.3. The molecule has 0 N–H and O–H groups in total. The molecule has 0 unspecified atom stereocenters. The Morgan fingerprint density at radius 2 is 1.56 bits per heavy atom. The number of aromatic nitrogens is 1. The summed E-state index contributed by atoms with van der Waals surface area (Å²) in [4.78, 5) is 0. The lowest BCUT2D eigenvalue weighted by molar-refractivity contribution is 0.899. The Labute approximate surface area is 108 Å². The predicted octanol–water partition coefficient (Wildman–Crippen LogP) is 4.33. The molecule has 0 amide bonds. The van der Waals surface area contributed by atoms with Gasteiger partial charge in [-0.15, -0.1) is 0 Å². The van der Waals surface area contributed by atoms with Crippen molar-refractivity contribution in [2.24, 2.45) is 7.05 Å². The van der Waals surface area contributed by atoms with Crippen LogP contribution in [0, 0.1) is 0 Å². The number of hydrogen-bond donors (Lipinski definition) is 0. The van der Waals surface area contributed by atoms with E-state index in [1.807, 2.05) is 0 Å². The summed E-state index contributed by atoms with van der Waals surface area (Å²) in [7, 11) is 2.11. The van der Waals surface area contributed by atoms with E-state index < -0.39 is 0 Å². The van der Waals surface area contributed by atoms with Crippen LogP contribution in [-0.2, 0) is 7.05 Å². The number of nitrogens with zero attached hydrogens (tertiary/aromatic N) is 1. The molecule has 0 saturated carbocycles. The van der Waals surface area contributed by atoms with Crippen molar-refractivity contribution in [3.8, 4) is 0 Å². The summed E-state index contributed by atoms with van der Waals surface area (Å²) in [6.45, 7) is 2.27. The molecule has 18 heavy (non-hydrogen) atoms. The number of rotatable bonds is 2. The first-order valence-electron chi connectivity index (χ1n) is 6.36. The van der Waals surface area contributed by atoms with E-state index in [9.17, 15) is 0 Å². The van der Waals surface area contributed by atoms with Crippen LogP contribution < -0.4 is 0 Å². The second kappa shape index (κ2) is 4.34. The van der Waals surface area contributed by atoms with Gasteiger partial charge in [0.15, 0.2) is 0 Å². The zero-order chi connectivity index (χ0) is 12.5. The Kier molecular flexibility index (Phi) is 2.67. The fraction of sp³-hybridized carbons (Fsp3) is 0.176. The molecule has 90 valence electrons. The van der Waals surface area contributed by atoms with Crippen molar-refractivity contribution < 1.29 is 0 Å². The normalized spacial score (nSPS) is 12.8. The summed E-state index contributed by atoms with van der Waals surface area (Å²) >= 11 is 0. The van der Waals surface area contributed by atoms with Crippen LogP contribution in [-0.4, -0.2) is 4.57 Å². The van der Waals surface area contributed by atoms with Crippen LogP contribution in [0.1, 0.15) is 24.0 Å². The monoisotopic (exact) mass is 235 g/mol. The maximum Gasteiger partial charge on any atom is 0.0480 e. The van der Waals surface area contributed by atoms with E-state index in [1.165, 1.54) is 22.0 Å². The summed E-state index contributed by atoms with van der Waals surface area (Å²) in [5.74, 6) is 0.428. The third-order valence-electron chi connectivity index (χ3n) is 3.69. The van der Waals surface area contributed by atoms with E-state index in [4.69, 9.17) is 0 Å². The fourth-order valence-electron chi connectivity index (χ4n) is 2.64. The van der Waals surface area contributed by atoms with Crippen LogP contribution in [0.15, 0.2) is 60.8 Å². The van der Waals surface area contributed by atoms with Gasteiger partial charge >= 0.3 is 0 Å². The third-order valence-corrected chi connectivity index (χ3v) is 3.69. The quantitative estimate of drug-likeness (QED) is 0.623. The van der Waals surface area contributed by atoms with E-state index in [0.29, 0.717) is 5.92 Å². The van der Waals surface area contributed by atoms with Gasteiger partial charge in [0, 0.05) is 30.1 Å². The maximum absolute atomic E-state index is 2.27. The van der Waals surface area contributed by atoms with Crippen LogP contribution in [0.4, 0.5) is 0 Å². The lowest BCUT2D eigenvalue weighted by Crippen LogP contribution is -1.94. The van der Waals surface area contributed by atoms with Gasteiger partial charge in [-0.3, -0.25) is 0 Å². The van der Waals surface area contributed by atoms with Crippen LogP contribution in [0.2, 0.25) is 0 Å². The van der Waals surface area contributed by atoms with E-state index in [0.717, 1.165) is 0 Å². The Morgan fingerprint density at radius 1 is 0.889 bits per heavy atom. The van der Waals surface area contributed by atoms with E-state index in [2.05, 4.69) is 79.3 Å². The molecule has 1 nitrogen and oxygen atoms in total. The Balaban J connectivity index is 2.15. The molecule has 3 aromatic rings. The molecule has 1 heterocycles. The zero-order valence-electron chi connectivity index (χ0n) is 10.8. The number of hydrogen-bond acceptors (Lipinski definition) is 0. The second-order valence-corrected chi connectivity index (χ2v) is 4.84. The molecule has 3 rings (SSSR count). The second-order valence-electron chi connectivity index (χ2n) is 4.84. The van der Waals surface area contributed by atoms with Crippen molar-refractivity contribution >= 4 is 10.9 Å². The first-order chi connectivity index (χ1) is 8.77. The van der Waals surface area contributed by atoms with Gasteiger partial charge in [-0.2, -0.15) is 0 Å². The van der Waals surface area contributed by atoms with Crippen molar-refractivity contribution in [2.45, 2.75) is 12.8 Å². The SMILES string of the molecule is C[C@H](c1ccccc1)c1cn(C)c2ccccc12. The number of para-hydroxylation sites is 1.